The van der Waals surface area contributed by atoms with Gasteiger partial charge in [0.2, 0.25) is 11.8 Å². The number of carbonyl (C=O) groups excluding carboxylic acids is 1. The van der Waals surface area contributed by atoms with Gasteiger partial charge < -0.3 is 20.5 Å². The van der Waals surface area contributed by atoms with Crippen molar-refractivity contribution < 1.29 is 22.7 Å². The number of hydrogen-bond donors (Lipinski definition) is 3. The van der Waals surface area contributed by atoms with Crippen molar-refractivity contribution in [2.45, 2.75) is 53.4 Å². The Bertz CT molecular complexity index is 1000. The zero-order valence-corrected chi connectivity index (χ0v) is 20.5. The number of hydrogen-bond acceptors (Lipinski definition) is 8. The molecule has 178 valence electrons. The van der Waals surface area contributed by atoms with Crippen molar-refractivity contribution in [3.63, 3.8) is 0 Å². The molecular weight excluding hydrogens is 434 g/mol. The molecule has 1 aromatic heterocycles. The van der Waals surface area contributed by atoms with Crippen molar-refractivity contribution in [1.82, 2.24) is 9.71 Å². The minimum Gasteiger partial charge on any atom is -0.481 e. The number of pyridine rings is 1. The summed E-state index contributed by atoms with van der Waals surface area (Å²) in [7, 11) is -2.82. The molecule has 0 radical (unpaired) electrons. The predicted molar refractivity (Wildman–Crippen MR) is 124 cm³/mol. The highest BCUT2D eigenvalue weighted by Crippen LogP contribution is 2.34. The van der Waals surface area contributed by atoms with E-state index in [2.05, 4.69) is 15.3 Å². The van der Waals surface area contributed by atoms with Crippen LogP contribution in [0.3, 0.4) is 0 Å². The summed E-state index contributed by atoms with van der Waals surface area (Å²) in [4.78, 5) is 20.9. The molecule has 1 aliphatic rings. The van der Waals surface area contributed by atoms with Crippen LogP contribution in [0, 0.1) is 5.41 Å². The van der Waals surface area contributed by atoms with Gasteiger partial charge in [0.1, 0.15) is 0 Å². The fourth-order valence-corrected chi connectivity index (χ4v) is 3.99. The van der Waals surface area contributed by atoms with Crippen LogP contribution in [0.2, 0.25) is 0 Å². The van der Waals surface area contributed by atoms with Crippen molar-refractivity contribution >= 4 is 27.6 Å². The van der Waals surface area contributed by atoms with Crippen molar-refractivity contribution in [3.05, 3.63) is 28.4 Å². The van der Waals surface area contributed by atoms with Gasteiger partial charge in [0.25, 0.3) is 10.0 Å². The molecule has 0 saturated carbocycles. The Labute approximate surface area is 189 Å². The molecule has 1 aromatic rings. The van der Waals surface area contributed by atoms with Gasteiger partial charge in [-0.25, -0.2) is 27.9 Å². The van der Waals surface area contributed by atoms with Gasteiger partial charge in [0, 0.05) is 17.7 Å². The summed E-state index contributed by atoms with van der Waals surface area (Å²) in [6.07, 6.45) is 0.862. The lowest BCUT2D eigenvalue weighted by Crippen LogP contribution is -2.40. The second-order valence-electron chi connectivity index (χ2n) is 8.99. The highest BCUT2D eigenvalue weighted by Gasteiger charge is 2.32. The lowest BCUT2D eigenvalue weighted by atomic mass is 9.94. The van der Waals surface area contributed by atoms with Gasteiger partial charge in [-0.05, 0) is 17.4 Å². The number of ether oxygens (including phenoxy) is 2. The number of sulfonamides is 1. The van der Waals surface area contributed by atoms with E-state index >= 15 is 0 Å². The molecule has 4 N–H and O–H groups in total. The van der Waals surface area contributed by atoms with Crippen molar-refractivity contribution in [2.24, 2.45) is 16.1 Å². The lowest BCUT2D eigenvalue weighted by molar-refractivity contribution is 0.157. The maximum absolute atomic E-state index is 12.8. The molecule has 0 fully saturated rings. The Morgan fingerprint density at radius 3 is 2.41 bits per heavy atom. The first-order valence-electron chi connectivity index (χ1n) is 10.3. The predicted octanol–water partition coefficient (Wildman–Crippen LogP) is 3.04. The Kier molecular flexibility index (Phi) is 7.76. The number of carbonyl (C=O) groups is 1. The van der Waals surface area contributed by atoms with Crippen molar-refractivity contribution in [2.75, 3.05) is 25.6 Å². The number of nitrogens with two attached hydrogens (primary N) is 1. The number of methoxy groups -OCH3 is 1. The second kappa shape index (κ2) is 9.76. The van der Waals surface area contributed by atoms with Crippen LogP contribution in [-0.2, 0) is 14.8 Å². The maximum atomic E-state index is 12.8. The van der Waals surface area contributed by atoms with Crippen molar-refractivity contribution in [1.29, 1.82) is 0 Å². The number of nitrogens with zero attached hydrogens (tertiary/aromatic N) is 2. The second-order valence-corrected chi connectivity index (χ2v) is 10.6. The Morgan fingerprint density at radius 1 is 1.28 bits per heavy atom. The molecule has 0 atom stereocenters. The smallest absolute Gasteiger partial charge is 0.333 e. The quantitative estimate of drug-likeness (QED) is 0.559. The van der Waals surface area contributed by atoms with E-state index in [0.29, 0.717) is 23.8 Å². The van der Waals surface area contributed by atoms with Gasteiger partial charge in [-0.2, -0.15) is 0 Å². The minimum atomic E-state index is -4.33. The number of anilines is 1. The summed E-state index contributed by atoms with van der Waals surface area (Å²) in [6, 6.07) is 0.773. The minimum absolute atomic E-state index is 0.0177. The molecule has 0 unspecified atom stereocenters. The molecule has 0 aliphatic carbocycles. The molecule has 10 nitrogen and oxygen atoms in total. The van der Waals surface area contributed by atoms with E-state index in [9.17, 15) is 13.2 Å². The average Bonchev–Trinajstić information content (AvgIpc) is 2.68. The monoisotopic (exact) mass is 467 g/mol. The van der Waals surface area contributed by atoms with Crippen LogP contribution in [0.1, 0.15) is 64.6 Å². The SMILES string of the molecule is COc1cc(C(C)C)c(NC(=O)NS(=O)(=O)/C(=C/N)C2=NCC(C)(C)CO2)c(C(C)C)n1. The third kappa shape index (κ3) is 5.90. The molecule has 0 bridgehead atoms. The first-order chi connectivity index (χ1) is 14.8. The highest BCUT2D eigenvalue weighted by atomic mass is 32.2. The molecule has 2 heterocycles. The van der Waals surface area contributed by atoms with Gasteiger partial charge in [0.15, 0.2) is 4.91 Å². The van der Waals surface area contributed by atoms with E-state index in [-0.39, 0.29) is 29.8 Å². The summed E-state index contributed by atoms with van der Waals surface area (Å²) >= 11 is 0. The molecule has 0 aromatic carbocycles. The van der Waals surface area contributed by atoms with E-state index in [1.54, 1.807) is 6.07 Å². The highest BCUT2D eigenvalue weighted by molar-refractivity contribution is 7.94. The van der Waals surface area contributed by atoms with Gasteiger partial charge >= 0.3 is 6.03 Å². The fraction of sp³-hybridized carbons (Fsp3) is 0.571. The standard InChI is InChI=1S/C21H33N5O5S/c1-12(2)14-8-16(30-7)24-17(13(3)4)18(14)25-20(27)26-32(28,29)15(9-22)19-23-10-21(5,6)11-31-19/h8-9,12-13H,10-11,22H2,1-7H3,(H2,25,26,27)/b15-9+. The number of aliphatic imine (C=N–C) groups is 1. The van der Waals surface area contributed by atoms with Crippen LogP contribution in [0.15, 0.2) is 22.2 Å². The number of aromatic nitrogens is 1. The van der Waals surface area contributed by atoms with Crippen LogP contribution in [0.25, 0.3) is 0 Å². The topological polar surface area (TPSA) is 145 Å². The Balaban J connectivity index is 2.33. The van der Waals surface area contributed by atoms with E-state index in [0.717, 1.165) is 11.8 Å². The molecule has 2 rings (SSSR count). The van der Waals surface area contributed by atoms with Gasteiger partial charge in [-0.15, -0.1) is 0 Å². The average molecular weight is 468 g/mol. The van der Waals surface area contributed by atoms with Crippen LogP contribution < -0.4 is 20.5 Å². The zero-order chi connectivity index (χ0) is 24.3. The van der Waals surface area contributed by atoms with Crippen molar-refractivity contribution in [3.8, 4) is 5.88 Å². The van der Waals surface area contributed by atoms with Crippen LogP contribution in [0.4, 0.5) is 10.5 Å². The van der Waals surface area contributed by atoms with Crippen LogP contribution >= 0.6 is 0 Å². The normalized spacial score (nSPS) is 16.4. The van der Waals surface area contributed by atoms with Gasteiger partial charge in [-0.3, -0.25) is 0 Å². The van der Waals surface area contributed by atoms with E-state index in [1.807, 2.05) is 46.3 Å². The molecule has 32 heavy (non-hydrogen) atoms. The third-order valence-electron chi connectivity index (χ3n) is 4.80. The molecule has 1 aliphatic heterocycles. The first kappa shape index (κ1) is 25.4. The molecule has 2 amide bonds. The number of urea groups is 1. The lowest BCUT2D eigenvalue weighted by Gasteiger charge is -2.28. The molecular formula is C21H33N5O5S. The maximum Gasteiger partial charge on any atom is 0.333 e. The van der Waals surface area contributed by atoms with Gasteiger partial charge in [0.05, 0.1) is 31.6 Å². The Morgan fingerprint density at radius 2 is 1.94 bits per heavy atom. The fourth-order valence-electron chi connectivity index (χ4n) is 3.06. The van der Waals surface area contributed by atoms with E-state index in [4.69, 9.17) is 15.2 Å². The summed E-state index contributed by atoms with van der Waals surface area (Å²) in [5.41, 5.74) is 7.11. The zero-order valence-electron chi connectivity index (χ0n) is 19.6. The number of amides is 2. The van der Waals surface area contributed by atoms with Gasteiger partial charge in [-0.1, -0.05) is 41.5 Å². The first-order valence-corrected chi connectivity index (χ1v) is 11.8. The Hall–Kier alpha value is -2.82. The molecule has 0 spiro atoms. The largest absolute Gasteiger partial charge is 0.481 e. The molecule has 0 saturated heterocycles. The summed E-state index contributed by atoms with van der Waals surface area (Å²) in [6.45, 7) is 12.3. The summed E-state index contributed by atoms with van der Waals surface area (Å²) in [5, 5.41) is 2.65. The number of rotatable bonds is 7. The van der Waals surface area contributed by atoms with E-state index < -0.39 is 21.0 Å². The van der Waals surface area contributed by atoms with Crippen LogP contribution in [-0.4, -0.2) is 45.6 Å². The van der Waals surface area contributed by atoms with Crippen LogP contribution in [0.5, 0.6) is 5.88 Å². The summed E-state index contributed by atoms with van der Waals surface area (Å²) in [5.74, 6) is 0.259. The summed E-state index contributed by atoms with van der Waals surface area (Å²) < 4.78 is 38.4. The number of nitrogens with one attached hydrogen (secondary N) is 2. The third-order valence-corrected chi connectivity index (χ3v) is 6.14. The molecule has 11 heteroatoms. The van der Waals surface area contributed by atoms with E-state index in [1.165, 1.54) is 7.11 Å².